The SMILES string of the molecule is CCC(C)C(C)NS(=O)(=O)c1ccc(CNC)cc1. The van der Waals surface area contributed by atoms with Crippen LogP contribution in [0.25, 0.3) is 0 Å². The van der Waals surface area contributed by atoms with Gasteiger partial charge in [0.05, 0.1) is 4.90 Å². The molecule has 0 aliphatic rings. The zero-order valence-electron chi connectivity index (χ0n) is 12.1. The molecule has 0 bridgehead atoms. The van der Waals surface area contributed by atoms with Crippen molar-refractivity contribution in [1.82, 2.24) is 10.0 Å². The second-order valence-electron chi connectivity index (χ2n) is 4.97. The Morgan fingerprint density at radius 2 is 1.74 bits per heavy atom. The highest BCUT2D eigenvalue weighted by atomic mass is 32.2. The molecule has 1 aromatic rings. The molecule has 2 unspecified atom stereocenters. The summed E-state index contributed by atoms with van der Waals surface area (Å²) >= 11 is 0. The molecule has 2 N–H and O–H groups in total. The molecule has 0 saturated carbocycles. The molecule has 0 aliphatic heterocycles. The Labute approximate surface area is 116 Å². The van der Waals surface area contributed by atoms with Crippen molar-refractivity contribution in [2.24, 2.45) is 5.92 Å². The number of benzene rings is 1. The number of sulfonamides is 1. The fourth-order valence-corrected chi connectivity index (χ4v) is 3.13. The quantitative estimate of drug-likeness (QED) is 0.806. The smallest absolute Gasteiger partial charge is 0.240 e. The van der Waals surface area contributed by atoms with E-state index < -0.39 is 10.0 Å². The highest BCUT2D eigenvalue weighted by Gasteiger charge is 2.20. The van der Waals surface area contributed by atoms with E-state index in [-0.39, 0.29) is 6.04 Å². The Morgan fingerprint density at radius 3 is 2.21 bits per heavy atom. The van der Waals surface area contributed by atoms with Crippen LogP contribution >= 0.6 is 0 Å². The van der Waals surface area contributed by atoms with Crippen molar-refractivity contribution in [3.05, 3.63) is 29.8 Å². The first-order valence-electron chi connectivity index (χ1n) is 6.66. The Kier molecular flexibility index (Phi) is 5.97. The van der Waals surface area contributed by atoms with Crippen LogP contribution in [-0.4, -0.2) is 21.5 Å². The molecule has 0 fully saturated rings. The summed E-state index contributed by atoms with van der Waals surface area (Å²) in [6.45, 7) is 6.74. The fourth-order valence-electron chi connectivity index (χ4n) is 1.77. The van der Waals surface area contributed by atoms with E-state index in [2.05, 4.69) is 17.0 Å². The molecule has 0 heterocycles. The van der Waals surface area contributed by atoms with Crippen LogP contribution in [0.2, 0.25) is 0 Å². The van der Waals surface area contributed by atoms with Crippen LogP contribution in [0.15, 0.2) is 29.2 Å². The Morgan fingerprint density at radius 1 is 1.16 bits per heavy atom. The molecule has 1 aromatic carbocycles. The number of hydrogen-bond donors (Lipinski definition) is 2. The number of nitrogens with one attached hydrogen (secondary N) is 2. The van der Waals surface area contributed by atoms with Crippen molar-refractivity contribution >= 4 is 10.0 Å². The molecule has 19 heavy (non-hydrogen) atoms. The first-order valence-corrected chi connectivity index (χ1v) is 8.15. The van der Waals surface area contributed by atoms with Gasteiger partial charge in [0.25, 0.3) is 0 Å². The van der Waals surface area contributed by atoms with Crippen molar-refractivity contribution in [3.63, 3.8) is 0 Å². The van der Waals surface area contributed by atoms with Gasteiger partial charge in [0, 0.05) is 12.6 Å². The molecule has 5 heteroatoms. The lowest BCUT2D eigenvalue weighted by molar-refractivity contribution is 0.434. The molecule has 0 spiro atoms. The maximum atomic E-state index is 12.2. The van der Waals surface area contributed by atoms with Crippen molar-refractivity contribution in [2.45, 2.75) is 44.7 Å². The number of rotatable bonds is 7. The predicted molar refractivity (Wildman–Crippen MR) is 78.4 cm³/mol. The van der Waals surface area contributed by atoms with Gasteiger partial charge in [-0.2, -0.15) is 0 Å². The van der Waals surface area contributed by atoms with Gasteiger partial charge in [-0.25, -0.2) is 13.1 Å². The second kappa shape index (κ2) is 7.03. The van der Waals surface area contributed by atoms with Gasteiger partial charge >= 0.3 is 0 Å². The zero-order chi connectivity index (χ0) is 14.5. The maximum absolute atomic E-state index is 12.2. The van der Waals surface area contributed by atoms with Crippen molar-refractivity contribution in [1.29, 1.82) is 0 Å². The van der Waals surface area contributed by atoms with Gasteiger partial charge in [-0.1, -0.05) is 32.4 Å². The van der Waals surface area contributed by atoms with Crippen LogP contribution in [0.5, 0.6) is 0 Å². The molecular weight excluding hydrogens is 260 g/mol. The summed E-state index contributed by atoms with van der Waals surface area (Å²) in [7, 11) is -1.56. The predicted octanol–water partition coefficient (Wildman–Crippen LogP) is 2.12. The molecule has 0 saturated heterocycles. The third-order valence-electron chi connectivity index (χ3n) is 3.45. The van der Waals surface area contributed by atoms with Gasteiger partial charge in [-0.3, -0.25) is 0 Å². The minimum Gasteiger partial charge on any atom is -0.316 e. The van der Waals surface area contributed by atoms with E-state index >= 15 is 0 Å². The molecule has 0 amide bonds. The van der Waals surface area contributed by atoms with Gasteiger partial charge in [-0.15, -0.1) is 0 Å². The first-order chi connectivity index (χ1) is 8.90. The van der Waals surface area contributed by atoms with E-state index in [1.165, 1.54) is 0 Å². The van der Waals surface area contributed by atoms with Crippen LogP contribution in [0.4, 0.5) is 0 Å². The van der Waals surface area contributed by atoms with E-state index in [0.29, 0.717) is 10.8 Å². The minimum atomic E-state index is -3.42. The van der Waals surface area contributed by atoms with Crippen LogP contribution in [0.1, 0.15) is 32.8 Å². The van der Waals surface area contributed by atoms with Crippen LogP contribution in [-0.2, 0) is 16.6 Å². The summed E-state index contributed by atoms with van der Waals surface area (Å²) in [6.07, 6.45) is 0.949. The lowest BCUT2D eigenvalue weighted by atomic mass is 10.0. The third kappa shape index (κ3) is 4.60. The lowest BCUT2D eigenvalue weighted by Crippen LogP contribution is -2.36. The average molecular weight is 284 g/mol. The summed E-state index contributed by atoms with van der Waals surface area (Å²) in [4.78, 5) is 0.322. The molecule has 4 nitrogen and oxygen atoms in total. The summed E-state index contributed by atoms with van der Waals surface area (Å²) < 4.78 is 27.1. The minimum absolute atomic E-state index is 0.0630. The first kappa shape index (κ1) is 16.1. The summed E-state index contributed by atoms with van der Waals surface area (Å²) in [5.41, 5.74) is 1.07. The molecule has 0 aliphatic carbocycles. The lowest BCUT2D eigenvalue weighted by Gasteiger charge is -2.19. The molecule has 2 atom stereocenters. The van der Waals surface area contributed by atoms with Crippen LogP contribution < -0.4 is 10.0 Å². The normalized spacial score (nSPS) is 15.2. The summed E-state index contributed by atoms with van der Waals surface area (Å²) in [5, 5.41) is 3.03. The zero-order valence-corrected chi connectivity index (χ0v) is 12.9. The Bertz CT molecular complexity index is 483. The number of hydrogen-bond acceptors (Lipinski definition) is 3. The van der Waals surface area contributed by atoms with Crippen molar-refractivity contribution in [3.8, 4) is 0 Å². The topological polar surface area (TPSA) is 58.2 Å². The van der Waals surface area contributed by atoms with Crippen LogP contribution in [0.3, 0.4) is 0 Å². The second-order valence-corrected chi connectivity index (χ2v) is 6.68. The maximum Gasteiger partial charge on any atom is 0.240 e. The van der Waals surface area contributed by atoms with Gasteiger partial charge in [0.2, 0.25) is 10.0 Å². The Balaban J connectivity index is 2.82. The summed E-state index contributed by atoms with van der Waals surface area (Å²) in [5.74, 6) is 0.318. The largest absolute Gasteiger partial charge is 0.316 e. The summed E-state index contributed by atoms with van der Waals surface area (Å²) in [6, 6.07) is 6.90. The van der Waals surface area contributed by atoms with E-state index in [9.17, 15) is 8.42 Å². The molecule has 0 aromatic heterocycles. The molecule has 108 valence electrons. The highest BCUT2D eigenvalue weighted by molar-refractivity contribution is 7.89. The van der Waals surface area contributed by atoms with Gasteiger partial charge in [-0.05, 0) is 37.6 Å². The van der Waals surface area contributed by atoms with Crippen LogP contribution in [0, 0.1) is 5.92 Å². The molecule has 1 rings (SSSR count). The molecule has 0 radical (unpaired) electrons. The van der Waals surface area contributed by atoms with Gasteiger partial charge < -0.3 is 5.32 Å². The third-order valence-corrected chi connectivity index (χ3v) is 5.03. The van der Waals surface area contributed by atoms with Gasteiger partial charge in [0.15, 0.2) is 0 Å². The highest BCUT2D eigenvalue weighted by Crippen LogP contribution is 2.14. The van der Waals surface area contributed by atoms with Gasteiger partial charge in [0.1, 0.15) is 0 Å². The monoisotopic (exact) mass is 284 g/mol. The van der Waals surface area contributed by atoms with Crippen molar-refractivity contribution in [2.75, 3.05) is 7.05 Å². The van der Waals surface area contributed by atoms with E-state index in [0.717, 1.165) is 18.5 Å². The van der Waals surface area contributed by atoms with E-state index in [4.69, 9.17) is 0 Å². The van der Waals surface area contributed by atoms with E-state index in [1.54, 1.807) is 12.1 Å². The molecular formula is C14H24N2O2S. The average Bonchev–Trinajstić information content (AvgIpc) is 2.38. The van der Waals surface area contributed by atoms with Crippen molar-refractivity contribution < 1.29 is 8.42 Å². The fraction of sp³-hybridized carbons (Fsp3) is 0.571. The standard InChI is InChI=1S/C14H24N2O2S/c1-5-11(2)12(3)16-19(17,18)14-8-6-13(7-9-14)10-15-4/h6-9,11-12,15-16H,5,10H2,1-4H3. The van der Waals surface area contributed by atoms with E-state index in [1.807, 2.05) is 33.0 Å². The Hall–Kier alpha value is -0.910.